The number of aromatic nitrogens is 1. The van der Waals surface area contributed by atoms with Gasteiger partial charge in [0.1, 0.15) is 0 Å². The Hall–Kier alpha value is -0.940. The summed E-state index contributed by atoms with van der Waals surface area (Å²) < 4.78 is 0. The monoisotopic (exact) mass is 319 g/mol. The van der Waals surface area contributed by atoms with E-state index in [4.69, 9.17) is 5.73 Å². The number of likely N-dealkylation sites (tertiary alicyclic amines) is 1. The number of aryl methyl sites for hydroxylation is 1. The maximum Gasteiger partial charge on any atom is 0.227 e. The normalized spacial score (nSPS) is 37.7. The van der Waals surface area contributed by atoms with Gasteiger partial charge in [0.05, 0.1) is 10.9 Å². The molecule has 1 saturated heterocycles. The lowest BCUT2D eigenvalue weighted by atomic mass is 9.83. The maximum absolute atomic E-state index is 13.0. The standard InChI is InChI=1S/C17H25N3OS/c1-10-9-22-16(19-10)13-3-2-6-20(8-13)17(21)14-11-4-5-12(7-11)15(14)18/h9,11-15H,2-8,18H2,1H3. The van der Waals surface area contributed by atoms with Crippen LogP contribution in [0.2, 0.25) is 0 Å². The van der Waals surface area contributed by atoms with Gasteiger partial charge in [0.15, 0.2) is 0 Å². The molecule has 5 unspecified atom stereocenters. The van der Waals surface area contributed by atoms with Crippen LogP contribution in [0.3, 0.4) is 0 Å². The third kappa shape index (κ3) is 2.38. The van der Waals surface area contributed by atoms with Gasteiger partial charge in [0.25, 0.3) is 0 Å². The quantitative estimate of drug-likeness (QED) is 0.911. The molecule has 2 bridgehead atoms. The highest BCUT2D eigenvalue weighted by atomic mass is 32.1. The summed E-state index contributed by atoms with van der Waals surface area (Å²) in [7, 11) is 0. The molecule has 2 N–H and O–H groups in total. The summed E-state index contributed by atoms with van der Waals surface area (Å²) in [5.41, 5.74) is 7.46. The third-order valence-corrected chi connectivity index (χ3v) is 7.11. The van der Waals surface area contributed by atoms with E-state index < -0.39 is 0 Å². The van der Waals surface area contributed by atoms with Crippen LogP contribution in [0.1, 0.15) is 48.7 Å². The van der Waals surface area contributed by atoms with Gasteiger partial charge in [-0.3, -0.25) is 4.79 Å². The highest BCUT2D eigenvalue weighted by Gasteiger charge is 2.50. The topological polar surface area (TPSA) is 59.2 Å². The average molecular weight is 319 g/mol. The van der Waals surface area contributed by atoms with Crippen molar-refractivity contribution in [1.82, 2.24) is 9.88 Å². The third-order valence-electron chi connectivity index (χ3n) is 5.98. The van der Waals surface area contributed by atoms with E-state index in [0.29, 0.717) is 23.7 Å². The van der Waals surface area contributed by atoms with Crippen LogP contribution in [0.25, 0.3) is 0 Å². The fourth-order valence-electron chi connectivity index (χ4n) is 4.85. The molecule has 1 aromatic rings. The Morgan fingerprint density at radius 1 is 1.36 bits per heavy atom. The Bertz CT molecular complexity index is 570. The number of fused-ring (bicyclic) bond motifs is 2. The first-order valence-electron chi connectivity index (χ1n) is 8.60. The lowest BCUT2D eigenvalue weighted by Gasteiger charge is -2.37. The molecule has 5 heteroatoms. The van der Waals surface area contributed by atoms with E-state index in [2.05, 4.69) is 15.3 Å². The van der Waals surface area contributed by atoms with Crippen molar-refractivity contribution < 1.29 is 4.79 Å². The predicted octanol–water partition coefficient (Wildman–Crippen LogP) is 2.53. The summed E-state index contributed by atoms with van der Waals surface area (Å²) in [6.45, 7) is 3.78. The molecule has 22 heavy (non-hydrogen) atoms. The zero-order valence-corrected chi connectivity index (χ0v) is 14.0. The van der Waals surface area contributed by atoms with Gasteiger partial charge in [-0.15, -0.1) is 11.3 Å². The van der Waals surface area contributed by atoms with Gasteiger partial charge >= 0.3 is 0 Å². The molecule has 2 aliphatic carbocycles. The Morgan fingerprint density at radius 3 is 2.86 bits per heavy atom. The van der Waals surface area contributed by atoms with Crippen molar-refractivity contribution >= 4 is 17.2 Å². The predicted molar refractivity (Wildman–Crippen MR) is 87.7 cm³/mol. The number of hydrogen-bond acceptors (Lipinski definition) is 4. The second-order valence-electron chi connectivity index (χ2n) is 7.39. The largest absolute Gasteiger partial charge is 0.342 e. The molecule has 2 heterocycles. The van der Waals surface area contributed by atoms with Crippen molar-refractivity contribution in [1.29, 1.82) is 0 Å². The number of nitrogens with two attached hydrogens (primary N) is 1. The van der Waals surface area contributed by atoms with Gasteiger partial charge in [-0.05, 0) is 50.9 Å². The van der Waals surface area contributed by atoms with Crippen LogP contribution < -0.4 is 5.73 Å². The van der Waals surface area contributed by atoms with Gasteiger partial charge in [-0.25, -0.2) is 4.98 Å². The van der Waals surface area contributed by atoms with Crippen LogP contribution in [-0.2, 0) is 4.79 Å². The second kappa shape index (κ2) is 5.60. The molecule has 3 fully saturated rings. The summed E-state index contributed by atoms with van der Waals surface area (Å²) in [6, 6.07) is 0.105. The van der Waals surface area contributed by atoms with Crippen molar-refractivity contribution in [3.05, 3.63) is 16.1 Å². The van der Waals surface area contributed by atoms with E-state index in [-0.39, 0.29) is 12.0 Å². The summed E-state index contributed by atoms with van der Waals surface area (Å²) >= 11 is 1.74. The summed E-state index contributed by atoms with van der Waals surface area (Å²) in [6.07, 6.45) is 5.86. The molecule has 2 saturated carbocycles. The van der Waals surface area contributed by atoms with Crippen LogP contribution in [-0.4, -0.2) is 34.9 Å². The molecule has 4 nitrogen and oxygen atoms in total. The molecular weight excluding hydrogens is 294 g/mol. The van der Waals surface area contributed by atoms with Crippen LogP contribution in [0.4, 0.5) is 0 Å². The second-order valence-corrected chi connectivity index (χ2v) is 8.28. The highest BCUT2D eigenvalue weighted by molar-refractivity contribution is 7.09. The van der Waals surface area contributed by atoms with E-state index in [1.165, 1.54) is 24.3 Å². The Morgan fingerprint density at radius 2 is 2.18 bits per heavy atom. The van der Waals surface area contributed by atoms with Gasteiger partial charge in [0.2, 0.25) is 5.91 Å². The first-order valence-corrected chi connectivity index (χ1v) is 9.48. The zero-order valence-electron chi connectivity index (χ0n) is 13.2. The number of rotatable bonds is 2. The zero-order chi connectivity index (χ0) is 15.3. The summed E-state index contributed by atoms with van der Waals surface area (Å²) in [5.74, 6) is 2.00. The van der Waals surface area contributed by atoms with Gasteiger partial charge in [-0.1, -0.05) is 0 Å². The maximum atomic E-state index is 13.0. The molecule has 0 radical (unpaired) electrons. The molecule has 1 aliphatic heterocycles. The van der Waals surface area contributed by atoms with E-state index in [1.54, 1.807) is 11.3 Å². The van der Waals surface area contributed by atoms with Crippen LogP contribution >= 0.6 is 11.3 Å². The van der Waals surface area contributed by atoms with E-state index in [9.17, 15) is 4.79 Å². The van der Waals surface area contributed by atoms with Crippen LogP contribution in [0.15, 0.2) is 5.38 Å². The fourth-order valence-corrected chi connectivity index (χ4v) is 5.78. The number of amides is 1. The first-order chi connectivity index (χ1) is 10.6. The minimum atomic E-state index is 0.0931. The Labute approximate surface area is 136 Å². The van der Waals surface area contributed by atoms with Crippen LogP contribution in [0.5, 0.6) is 0 Å². The van der Waals surface area contributed by atoms with Crippen molar-refractivity contribution in [2.75, 3.05) is 13.1 Å². The summed E-state index contributed by atoms with van der Waals surface area (Å²) in [4.78, 5) is 19.7. The number of nitrogens with zero attached hydrogens (tertiary/aromatic N) is 2. The Balaban J connectivity index is 1.47. The van der Waals surface area contributed by atoms with Gasteiger partial charge < -0.3 is 10.6 Å². The average Bonchev–Trinajstić information content (AvgIpc) is 3.23. The molecule has 1 amide bonds. The van der Waals surface area contributed by atoms with Crippen molar-refractivity contribution in [3.63, 3.8) is 0 Å². The number of hydrogen-bond donors (Lipinski definition) is 1. The smallest absolute Gasteiger partial charge is 0.227 e. The molecule has 4 rings (SSSR count). The van der Waals surface area contributed by atoms with Crippen LogP contribution in [0, 0.1) is 24.7 Å². The number of piperidine rings is 1. The van der Waals surface area contributed by atoms with E-state index in [1.807, 2.05) is 6.92 Å². The van der Waals surface area contributed by atoms with Gasteiger partial charge in [-0.2, -0.15) is 0 Å². The number of carbonyl (C=O) groups excluding carboxylic acids is 1. The fraction of sp³-hybridized carbons (Fsp3) is 0.765. The summed E-state index contributed by atoms with van der Waals surface area (Å²) in [5, 5.41) is 3.31. The van der Waals surface area contributed by atoms with Crippen molar-refractivity contribution in [3.8, 4) is 0 Å². The molecule has 1 aromatic heterocycles. The van der Waals surface area contributed by atoms with Gasteiger partial charge in [0, 0.05) is 36.1 Å². The number of carbonyl (C=O) groups is 1. The molecular formula is C17H25N3OS. The van der Waals surface area contributed by atoms with E-state index in [0.717, 1.165) is 31.6 Å². The van der Waals surface area contributed by atoms with Crippen molar-refractivity contribution in [2.45, 2.75) is 51.0 Å². The molecule has 5 atom stereocenters. The molecule has 0 aromatic carbocycles. The lowest BCUT2D eigenvalue weighted by molar-refractivity contribution is -0.139. The molecule has 3 aliphatic rings. The first kappa shape index (κ1) is 14.6. The highest BCUT2D eigenvalue weighted by Crippen LogP contribution is 2.48. The van der Waals surface area contributed by atoms with Crippen molar-refractivity contribution in [2.24, 2.45) is 23.5 Å². The minimum Gasteiger partial charge on any atom is -0.342 e. The minimum absolute atomic E-state index is 0.0931. The lowest BCUT2D eigenvalue weighted by Crippen LogP contribution is -2.49. The SMILES string of the molecule is Cc1csc(C2CCCN(C(=O)C3C4CCC(C4)C3N)C2)n1. The molecule has 120 valence electrons. The molecule has 0 spiro atoms. The van der Waals surface area contributed by atoms with E-state index >= 15 is 0 Å². The number of thiazole rings is 1. The Kier molecular flexibility index (Phi) is 3.73.